The first-order valence-corrected chi connectivity index (χ1v) is 60.6. The van der Waals surface area contributed by atoms with E-state index in [0.717, 1.165) is 26.2 Å². The number of unbranched alkanes of at least 4 members (excludes halogenated alkanes) is 28. The zero-order valence-corrected chi connectivity index (χ0v) is 92.5. The summed E-state index contributed by atoms with van der Waals surface area (Å²) < 4.78 is 0. The fraction of sp³-hybridized carbons (Fsp3) is 0.484. The second-order valence-corrected chi connectivity index (χ2v) is 52.5. The fourth-order valence-electron chi connectivity index (χ4n) is 20.8. The van der Waals surface area contributed by atoms with Crippen molar-refractivity contribution >= 4 is 76.7 Å². The molecular weight excluding hydrogens is 1710 g/mol. The van der Waals surface area contributed by atoms with Gasteiger partial charge in [0.05, 0.1) is 0 Å². The van der Waals surface area contributed by atoms with Crippen LogP contribution >= 0.6 is 0 Å². The Bertz CT molecular complexity index is 4060. The molecule has 4 nitrogen and oxygen atoms in total. The predicted molar refractivity (Wildman–Crippen MR) is 599 cm³/mol. The van der Waals surface area contributed by atoms with Crippen LogP contribution in [-0.4, -0.2) is 83.5 Å². The van der Waals surface area contributed by atoms with E-state index < -0.39 is 35.2 Å². The predicted octanol–water partition coefficient (Wildman–Crippen LogP) is 30.3. The fourth-order valence-corrected chi connectivity index (χ4v) is 33.3. The molecule has 0 bridgehead atoms. The Morgan fingerprint density at radius 1 is 0.173 bits per heavy atom. The van der Waals surface area contributed by atoms with Gasteiger partial charge in [-0.15, -0.1) is 26.2 Å². The Morgan fingerprint density at radius 2 is 0.293 bits per heavy atom. The smallest absolute Gasteiger partial charge is 0.650 e. The second-order valence-electron chi connectivity index (χ2n) is 40.4. The van der Waals surface area contributed by atoms with Crippen molar-refractivity contribution in [2.45, 2.75) is 363 Å². The van der Waals surface area contributed by atoms with Crippen LogP contribution < -0.4 is 41.5 Å². The minimum absolute atomic E-state index is 0. The molecule has 0 spiro atoms. The van der Waals surface area contributed by atoms with E-state index in [1.807, 2.05) is 0 Å². The number of hydrogen-bond donors (Lipinski definition) is 0. The van der Waals surface area contributed by atoms with Crippen LogP contribution in [0.2, 0.25) is 24.2 Å². The molecule has 712 valence electrons. The second kappa shape index (κ2) is 61.4. The topological polar surface area (TPSA) is 56.4 Å². The van der Waals surface area contributed by atoms with Crippen molar-refractivity contribution in [2.75, 3.05) is 26.2 Å². The van der Waals surface area contributed by atoms with E-state index in [-0.39, 0.29) is 43.9 Å². The Hall–Kier alpha value is -6.90. The molecule has 12 rings (SSSR count). The molecule has 9 heteroatoms. The van der Waals surface area contributed by atoms with Crippen LogP contribution in [0, 0.1) is 0 Å². The molecule has 0 N–H and O–H groups in total. The van der Waals surface area contributed by atoms with Crippen LogP contribution in [0.25, 0.3) is 21.3 Å². The number of benzene rings is 8. The van der Waals surface area contributed by atoms with Crippen molar-refractivity contribution < 1.29 is 21.7 Å². The van der Waals surface area contributed by atoms with E-state index in [9.17, 15) is 0 Å². The van der Waals surface area contributed by atoms with Crippen LogP contribution in [-0.2, 0) is 21.7 Å². The molecule has 4 atom stereocenters. The first kappa shape index (κ1) is 111. The Balaban J connectivity index is 0.000000218. The molecule has 0 fully saturated rings. The molecule has 8 aromatic rings. The van der Waals surface area contributed by atoms with Crippen molar-refractivity contribution in [3.63, 3.8) is 0 Å². The maximum Gasteiger partial charge on any atom is 4.00 e. The average Bonchev–Trinajstić information content (AvgIpc) is 1.66. The molecule has 133 heavy (non-hydrogen) atoms. The maximum atomic E-state index is 5.03. The van der Waals surface area contributed by atoms with Gasteiger partial charge in [0.2, 0.25) is 0 Å². The summed E-state index contributed by atoms with van der Waals surface area (Å²) >= 11 is 0. The molecule has 4 unspecified atom stereocenters. The minimum atomic E-state index is -1.07. The van der Waals surface area contributed by atoms with Gasteiger partial charge in [0.25, 0.3) is 0 Å². The Morgan fingerprint density at radius 3 is 0.414 bits per heavy atom. The molecule has 8 aromatic carbocycles. The quantitative estimate of drug-likeness (QED) is 0.0269. The maximum absolute atomic E-state index is 5.03. The number of hydrogen-bond acceptors (Lipinski definition) is 0. The summed E-state index contributed by atoms with van der Waals surface area (Å²) in [5.41, 5.74) is 16.9. The third-order valence-electron chi connectivity index (χ3n) is 30.6. The van der Waals surface area contributed by atoms with Gasteiger partial charge in [0, 0.05) is 0 Å². The van der Waals surface area contributed by atoms with Crippen LogP contribution in [0.5, 0.6) is 0 Å². The van der Waals surface area contributed by atoms with Crippen molar-refractivity contribution in [3.05, 3.63) is 355 Å². The van der Waals surface area contributed by atoms with Gasteiger partial charge < -0.3 is 21.3 Å². The molecular formula is C124H176N4Si4Ti. The number of allylic oxidation sites excluding steroid dienone is 8. The van der Waals surface area contributed by atoms with Gasteiger partial charge in [-0.25, -0.2) is 0 Å². The van der Waals surface area contributed by atoms with Gasteiger partial charge in [-0.3, -0.25) is 0 Å². The summed E-state index contributed by atoms with van der Waals surface area (Å²) in [6, 6.07) is 95.5. The van der Waals surface area contributed by atoms with Crippen molar-refractivity contribution in [3.8, 4) is 0 Å². The van der Waals surface area contributed by atoms with Gasteiger partial charge >= 0.3 is 21.7 Å². The van der Waals surface area contributed by atoms with E-state index in [2.05, 4.69) is 378 Å². The normalized spacial score (nSPS) is 18.1. The summed E-state index contributed by atoms with van der Waals surface area (Å²) in [5, 5.41) is 32.8. The van der Waals surface area contributed by atoms with Crippen molar-refractivity contribution in [1.82, 2.24) is 0 Å². The van der Waals surface area contributed by atoms with Crippen LogP contribution in [0.15, 0.2) is 334 Å². The van der Waals surface area contributed by atoms with E-state index in [1.165, 1.54) is 297 Å². The van der Waals surface area contributed by atoms with Gasteiger partial charge in [0.15, 0.2) is 0 Å². The first-order chi connectivity index (χ1) is 64.0. The van der Waals surface area contributed by atoms with Gasteiger partial charge in [-0.2, -0.15) is 0 Å². The van der Waals surface area contributed by atoms with E-state index in [0.29, 0.717) is 0 Å². The van der Waals surface area contributed by atoms with Crippen LogP contribution in [0.3, 0.4) is 0 Å². The molecule has 0 aromatic heterocycles. The zero-order valence-electron chi connectivity index (χ0n) is 86.3. The molecule has 0 aliphatic heterocycles. The van der Waals surface area contributed by atoms with Crippen LogP contribution in [0.1, 0.15) is 316 Å². The molecule has 0 amide bonds. The third-order valence-corrected chi connectivity index (χ3v) is 44.1. The van der Waals surface area contributed by atoms with Crippen molar-refractivity contribution in [1.29, 1.82) is 0 Å². The summed E-state index contributed by atoms with van der Waals surface area (Å²) in [5.74, 6) is 0. The average molecular weight is 1880 g/mol. The Kier molecular flexibility index (Phi) is 51.5. The molecule has 0 saturated carbocycles. The summed E-state index contributed by atoms with van der Waals surface area (Å²) in [6.07, 6.45) is 52.7. The largest absolute Gasteiger partial charge is 4.00 e. The van der Waals surface area contributed by atoms with E-state index >= 15 is 0 Å². The third kappa shape index (κ3) is 37.4. The summed E-state index contributed by atoms with van der Waals surface area (Å²) in [6.45, 7) is 39.8. The number of nitrogens with zero attached hydrogens (tertiary/aromatic N) is 4. The Labute approximate surface area is 835 Å². The summed E-state index contributed by atoms with van der Waals surface area (Å²) in [4.78, 5) is 0. The van der Waals surface area contributed by atoms with Crippen LogP contribution in [0.4, 0.5) is 0 Å². The molecule has 0 radical (unpaired) electrons. The van der Waals surface area contributed by atoms with E-state index in [1.54, 1.807) is 41.5 Å². The zero-order chi connectivity index (χ0) is 94.1. The standard InChI is InChI=1S/4C31H44NSi.Ti/c4*1-26-25-31(4,28(3)27(26)2)32-23-17-9-7-5-6-8-10-18-24-33(29-19-13-11-14-20-29)30-21-15-12-16-22-30;/h4*11-16,19-22,25,33H,5-10,17-18,23-24H2,1-4H3;/q4*-1;+4. The monoisotopic (exact) mass is 1880 g/mol. The molecule has 0 saturated heterocycles. The molecule has 0 heterocycles. The summed E-state index contributed by atoms with van der Waals surface area (Å²) in [7, 11) is -4.30. The van der Waals surface area contributed by atoms with Crippen molar-refractivity contribution in [2.24, 2.45) is 0 Å². The van der Waals surface area contributed by atoms with E-state index in [4.69, 9.17) is 21.3 Å². The SMILES string of the molecule is CC1=CC(C)([N-]CCCCCCCCCC[SiH](c2ccccc2)c2ccccc2)C(C)=C1C.CC1=CC(C)([N-]CCCCCCCCCC[SiH](c2ccccc2)c2ccccc2)C(C)=C1C.CC1=CC(C)([N-]CCCCCCCCCC[SiH](c2ccccc2)c2ccccc2)C(C)=C1C.CC1=CC(C)([N-]CCCCCCCCCC[SiH](c2ccccc2)c2ccccc2)C(C)=C1C.[Ti+4]. The van der Waals surface area contributed by atoms with Gasteiger partial charge in [-0.1, -0.05) is 655 Å². The minimum Gasteiger partial charge on any atom is -0.650 e. The number of rotatable bonds is 56. The molecule has 4 aliphatic carbocycles. The van der Waals surface area contributed by atoms with Gasteiger partial charge in [-0.05, 0) is 83.1 Å². The van der Waals surface area contributed by atoms with Gasteiger partial charge in [0.1, 0.15) is 35.2 Å². The molecule has 4 aliphatic rings. The first-order valence-electron chi connectivity index (χ1n) is 52.7.